The summed E-state index contributed by atoms with van der Waals surface area (Å²) < 4.78 is 0. The van der Waals surface area contributed by atoms with Crippen LogP contribution in [0.25, 0.3) is 0 Å². The van der Waals surface area contributed by atoms with Crippen LogP contribution in [0.2, 0.25) is 0 Å². The fourth-order valence-corrected chi connectivity index (χ4v) is 2.79. The number of carbonyl (C=O) groups excluding carboxylic acids is 2. The Labute approximate surface area is 143 Å². The van der Waals surface area contributed by atoms with E-state index in [1.54, 1.807) is 0 Å². The minimum absolute atomic E-state index is 0.00238. The average Bonchev–Trinajstić information content (AvgIpc) is 2.61. The highest BCUT2D eigenvalue weighted by atomic mass is 16.2. The van der Waals surface area contributed by atoms with Gasteiger partial charge in [-0.2, -0.15) is 0 Å². The summed E-state index contributed by atoms with van der Waals surface area (Å²) in [4.78, 5) is 25.5. The molecular formula is C20H24N2O2. The number of amides is 2. The minimum Gasteiger partial charge on any atom is -0.325 e. The molecule has 0 aliphatic carbocycles. The number of rotatable bonds is 7. The zero-order chi connectivity index (χ0) is 17.4. The van der Waals surface area contributed by atoms with E-state index >= 15 is 0 Å². The van der Waals surface area contributed by atoms with Crippen molar-refractivity contribution in [3.8, 4) is 0 Å². The van der Waals surface area contributed by atoms with E-state index in [-0.39, 0.29) is 17.7 Å². The molecule has 0 aromatic heterocycles. The van der Waals surface area contributed by atoms with Crippen LogP contribution >= 0.6 is 0 Å². The van der Waals surface area contributed by atoms with Gasteiger partial charge in [0, 0.05) is 11.4 Å². The quantitative estimate of drug-likeness (QED) is 0.745. The Morgan fingerprint density at radius 1 is 0.750 bits per heavy atom. The second-order valence-electron chi connectivity index (χ2n) is 5.76. The van der Waals surface area contributed by atoms with Gasteiger partial charge in [0.05, 0.1) is 0 Å². The molecule has 2 amide bonds. The molecule has 0 radical (unpaired) electrons. The van der Waals surface area contributed by atoms with Gasteiger partial charge in [-0.3, -0.25) is 9.59 Å². The highest BCUT2D eigenvalue weighted by Gasteiger charge is 2.33. The van der Waals surface area contributed by atoms with Crippen molar-refractivity contribution >= 4 is 23.2 Å². The molecule has 0 bridgehead atoms. The first-order valence-corrected chi connectivity index (χ1v) is 8.37. The molecule has 0 aliphatic heterocycles. The molecule has 0 saturated carbocycles. The van der Waals surface area contributed by atoms with Crippen LogP contribution in [-0.2, 0) is 9.59 Å². The van der Waals surface area contributed by atoms with Crippen molar-refractivity contribution in [3.05, 3.63) is 60.7 Å². The normalized spacial score (nSPS) is 10.7. The summed E-state index contributed by atoms with van der Waals surface area (Å²) in [6.07, 6.45) is 1.54. The van der Waals surface area contributed by atoms with Crippen LogP contribution < -0.4 is 10.6 Å². The van der Waals surface area contributed by atoms with Crippen LogP contribution in [-0.4, -0.2) is 11.8 Å². The van der Waals surface area contributed by atoms with Crippen molar-refractivity contribution in [2.45, 2.75) is 26.7 Å². The second-order valence-corrected chi connectivity index (χ2v) is 5.76. The van der Waals surface area contributed by atoms with Gasteiger partial charge in [0.15, 0.2) is 0 Å². The van der Waals surface area contributed by atoms with Crippen molar-refractivity contribution in [1.29, 1.82) is 0 Å². The maximum atomic E-state index is 12.7. The van der Waals surface area contributed by atoms with Crippen molar-refractivity contribution in [3.63, 3.8) is 0 Å². The van der Waals surface area contributed by atoms with E-state index in [0.29, 0.717) is 11.4 Å². The monoisotopic (exact) mass is 324 g/mol. The first kappa shape index (κ1) is 17.7. The van der Waals surface area contributed by atoms with Gasteiger partial charge in [-0.1, -0.05) is 63.1 Å². The zero-order valence-corrected chi connectivity index (χ0v) is 14.2. The Morgan fingerprint density at radius 2 is 1.12 bits per heavy atom. The molecule has 0 atom stereocenters. The van der Waals surface area contributed by atoms with Crippen LogP contribution in [0, 0.1) is 11.8 Å². The third-order valence-corrected chi connectivity index (χ3v) is 4.17. The molecule has 0 saturated heterocycles. The van der Waals surface area contributed by atoms with Crippen molar-refractivity contribution in [1.82, 2.24) is 0 Å². The third kappa shape index (κ3) is 4.69. The SMILES string of the molecule is CCC(CC)C(C(=O)Nc1ccccc1)C(=O)Nc1ccccc1. The number of nitrogens with one attached hydrogen (secondary N) is 2. The van der Waals surface area contributed by atoms with Crippen LogP contribution in [0.1, 0.15) is 26.7 Å². The topological polar surface area (TPSA) is 58.2 Å². The number of carbonyl (C=O) groups is 2. The molecule has 2 aromatic rings. The number of anilines is 2. The van der Waals surface area contributed by atoms with E-state index in [1.807, 2.05) is 74.5 Å². The maximum absolute atomic E-state index is 12.7. The molecule has 24 heavy (non-hydrogen) atoms. The summed E-state index contributed by atoms with van der Waals surface area (Å²) >= 11 is 0. The van der Waals surface area contributed by atoms with E-state index < -0.39 is 5.92 Å². The molecule has 0 unspecified atom stereocenters. The number of hydrogen-bond donors (Lipinski definition) is 2. The Balaban J connectivity index is 2.17. The van der Waals surface area contributed by atoms with Crippen LogP contribution in [0.3, 0.4) is 0 Å². The van der Waals surface area contributed by atoms with E-state index in [9.17, 15) is 9.59 Å². The van der Waals surface area contributed by atoms with Gasteiger partial charge in [-0.05, 0) is 30.2 Å². The second kappa shape index (κ2) is 8.87. The highest BCUT2D eigenvalue weighted by molar-refractivity contribution is 6.11. The van der Waals surface area contributed by atoms with E-state index in [4.69, 9.17) is 0 Å². The molecule has 2 rings (SSSR count). The van der Waals surface area contributed by atoms with Gasteiger partial charge in [0.2, 0.25) is 11.8 Å². The van der Waals surface area contributed by atoms with Crippen LogP contribution in [0.15, 0.2) is 60.7 Å². The number of benzene rings is 2. The average molecular weight is 324 g/mol. The van der Waals surface area contributed by atoms with Gasteiger partial charge in [0.1, 0.15) is 5.92 Å². The van der Waals surface area contributed by atoms with Crippen LogP contribution in [0.4, 0.5) is 11.4 Å². The third-order valence-electron chi connectivity index (χ3n) is 4.17. The van der Waals surface area contributed by atoms with Gasteiger partial charge in [-0.15, -0.1) is 0 Å². The molecule has 126 valence electrons. The van der Waals surface area contributed by atoms with Gasteiger partial charge in [-0.25, -0.2) is 0 Å². The van der Waals surface area contributed by atoms with E-state index in [0.717, 1.165) is 12.8 Å². The molecule has 2 aromatic carbocycles. The predicted octanol–water partition coefficient (Wildman–Crippen LogP) is 4.32. The van der Waals surface area contributed by atoms with Crippen molar-refractivity contribution < 1.29 is 9.59 Å². The predicted molar refractivity (Wildman–Crippen MR) is 97.7 cm³/mol. The maximum Gasteiger partial charge on any atom is 0.237 e. The summed E-state index contributed by atoms with van der Waals surface area (Å²) in [7, 11) is 0. The summed E-state index contributed by atoms with van der Waals surface area (Å²) in [5.74, 6) is -1.25. The zero-order valence-electron chi connectivity index (χ0n) is 14.2. The standard InChI is InChI=1S/C20H24N2O2/c1-3-15(4-2)18(19(23)21-16-11-7-5-8-12-16)20(24)22-17-13-9-6-10-14-17/h5-15,18H,3-4H2,1-2H3,(H,21,23)(H,22,24). The molecule has 0 fully saturated rings. The lowest BCUT2D eigenvalue weighted by molar-refractivity contribution is -0.131. The van der Waals surface area contributed by atoms with Gasteiger partial charge < -0.3 is 10.6 Å². The molecule has 2 N–H and O–H groups in total. The Morgan fingerprint density at radius 3 is 1.46 bits per heavy atom. The fourth-order valence-electron chi connectivity index (χ4n) is 2.79. The largest absolute Gasteiger partial charge is 0.325 e. The first-order chi connectivity index (χ1) is 11.7. The van der Waals surface area contributed by atoms with Gasteiger partial charge in [0.25, 0.3) is 0 Å². The van der Waals surface area contributed by atoms with E-state index in [1.165, 1.54) is 0 Å². The molecule has 0 heterocycles. The summed E-state index contributed by atoms with van der Waals surface area (Å²) in [6, 6.07) is 18.4. The number of hydrogen-bond acceptors (Lipinski definition) is 2. The number of para-hydroxylation sites is 2. The van der Waals surface area contributed by atoms with Crippen LogP contribution in [0.5, 0.6) is 0 Å². The van der Waals surface area contributed by atoms with Gasteiger partial charge >= 0.3 is 0 Å². The Kier molecular flexibility index (Phi) is 6.55. The van der Waals surface area contributed by atoms with Crippen molar-refractivity contribution in [2.24, 2.45) is 11.8 Å². The summed E-state index contributed by atoms with van der Waals surface area (Å²) in [5, 5.41) is 5.72. The molecule has 4 heteroatoms. The van der Waals surface area contributed by atoms with Crippen molar-refractivity contribution in [2.75, 3.05) is 10.6 Å². The Bertz CT molecular complexity index is 598. The molecule has 0 aliphatic rings. The molecular weight excluding hydrogens is 300 g/mol. The molecule has 4 nitrogen and oxygen atoms in total. The fraction of sp³-hybridized carbons (Fsp3) is 0.300. The first-order valence-electron chi connectivity index (χ1n) is 8.37. The Hall–Kier alpha value is -2.62. The smallest absolute Gasteiger partial charge is 0.237 e. The highest BCUT2D eigenvalue weighted by Crippen LogP contribution is 2.23. The minimum atomic E-state index is -0.722. The summed E-state index contributed by atoms with van der Waals surface area (Å²) in [5.41, 5.74) is 1.40. The lowest BCUT2D eigenvalue weighted by atomic mass is 9.86. The molecule has 0 spiro atoms. The lowest BCUT2D eigenvalue weighted by Crippen LogP contribution is -2.38. The summed E-state index contributed by atoms with van der Waals surface area (Å²) in [6.45, 7) is 4.01. The van der Waals surface area contributed by atoms with E-state index in [2.05, 4.69) is 10.6 Å². The lowest BCUT2D eigenvalue weighted by Gasteiger charge is -2.23.